The van der Waals surface area contributed by atoms with E-state index < -0.39 is 5.97 Å². The van der Waals surface area contributed by atoms with E-state index in [1.807, 2.05) is 6.92 Å². The summed E-state index contributed by atoms with van der Waals surface area (Å²) in [7, 11) is 1.53. The van der Waals surface area contributed by atoms with Crippen molar-refractivity contribution in [3.05, 3.63) is 58.7 Å². The molecule has 0 saturated carbocycles. The first kappa shape index (κ1) is 21.0. The first-order valence-electron chi connectivity index (χ1n) is 8.93. The van der Waals surface area contributed by atoms with E-state index in [1.165, 1.54) is 20.1 Å². The Morgan fingerprint density at radius 2 is 1.89 bits per heavy atom. The number of carboxylic acids is 1. The molecular formula is C22H24O6. The second-order valence-electron chi connectivity index (χ2n) is 6.28. The molecule has 2 rings (SSSR count). The number of carbonyl (C=O) groups is 2. The maximum atomic E-state index is 11.7. The van der Waals surface area contributed by atoms with E-state index in [0.29, 0.717) is 29.0 Å². The summed E-state index contributed by atoms with van der Waals surface area (Å²) >= 11 is 0. The lowest BCUT2D eigenvalue weighted by Gasteiger charge is -2.16. The molecule has 0 aliphatic heterocycles. The van der Waals surface area contributed by atoms with Crippen LogP contribution in [-0.4, -0.2) is 29.1 Å². The highest BCUT2D eigenvalue weighted by atomic mass is 16.5. The van der Waals surface area contributed by atoms with Gasteiger partial charge in [-0.2, -0.15) is 0 Å². The molecule has 0 fully saturated rings. The molecule has 6 heteroatoms. The average molecular weight is 384 g/mol. The SMILES string of the molecule is CCCc1c(OCc2ccc(/C=C/C(=O)O)cc2OC)ccc(C(C)=O)c1O. The van der Waals surface area contributed by atoms with Gasteiger partial charge in [-0.15, -0.1) is 0 Å². The summed E-state index contributed by atoms with van der Waals surface area (Å²) in [4.78, 5) is 22.3. The van der Waals surface area contributed by atoms with E-state index in [-0.39, 0.29) is 23.7 Å². The van der Waals surface area contributed by atoms with E-state index in [0.717, 1.165) is 18.1 Å². The van der Waals surface area contributed by atoms with Crippen molar-refractivity contribution in [3.8, 4) is 17.2 Å². The van der Waals surface area contributed by atoms with Gasteiger partial charge >= 0.3 is 5.97 Å². The van der Waals surface area contributed by atoms with Crippen molar-refractivity contribution in [3.63, 3.8) is 0 Å². The van der Waals surface area contributed by atoms with Crippen molar-refractivity contribution in [1.29, 1.82) is 0 Å². The largest absolute Gasteiger partial charge is 0.507 e. The summed E-state index contributed by atoms with van der Waals surface area (Å²) in [6, 6.07) is 8.54. The number of carbonyl (C=O) groups excluding carboxylic acids is 1. The fourth-order valence-corrected chi connectivity index (χ4v) is 2.84. The number of aromatic hydroxyl groups is 1. The minimum Gasteiger partial charge on any atom is -0.507 e. The lowest BCUT2D eigenvalue weighted by molar-refractivity contribution is -0.131. The molecule has 0 aliphatic carbocycles. The number of carboxylic acid groups (broad SMARTS) is 1. The molecule has 0 bridgehead atoms. The molecule has 0 atom stereocenters. The molecule has 148 valence electrons. The Balaban J connectivity index is 2.27. The molecule has 2 aromatic rings. The van der Waals surface area contributed by atoms with Crippen molar-refractivity contribution in [2.75, 3.05) is 7.11 Å². The summed E-state index contributed by atoms with van der Waals surface area (Å²) in [6.07, 6.45) is 3.91. The monoisotopic (exact) mass is 384 g/mol. The maximum Gasteiger partial charge on any atom is 0.328 e. The first-order chi connectivity index (χ1) is 13.4. The zero-order chi connectivity index (χ0) is 20.7. The van der Waals surface area contributed by atoms with Crippen molar-refractivity contribution in [1.82, 2.24) is 0 Å². The van der Waals surface area contributed by atoms with Crippen molar-refractivity contribution >= 4 is 17.8 Å². The van der Waals surface area contributed by atoms with Crippen LogP contribution in [0.4, 0.5) is 0 Å². The van der Waals surface area contributed by atoms with Crippen LogP contribution < -0.4 is 9.47 Å². The third-order valence-corrected chi connectivity index (χ3v) is 4.23. The summed E-state index contributed by atoms with van der Waals surface area (Å²) in [6.45, 7) is 3.59. The molecule has 0 amide bonds. The number of aliphatic carboxylic acids is 1. The fraction of sp³-hybridized carbons (Fsp3) is 0.273. The third kappa shape index (κ3) is 5.13. The quantitative estimate of drug-likeness (QED) is 0.496. The van der Waals surface area contributed by atoms with E-state index in [1.54, 1.807) is 30.3 Å². The van der Waals surface area contributed by atoms with Gasteiger partial charge in [-0.1, -0.05) is 25.5 Å². The van der Waals surface area contributed by atoms with Crippen LogP contribution in [-0.2, 0) is 17.8 Å². The Labute approximate surface area is 164 Å². The Kier molecular flexibility index (Phi) is 7.21. The van der Waals surface area contributed by atoms with Crippen LogP contribution in [0.1, 0.15) is 47.3 Å². The number of ketones is 1. The standard InChI is InChI=1S/C22H24O6/c1-4-5-18-19(10-9-17(14(2)23)22(18)26)28-13-16-8-6-15(7-11-21(24)25)12-20(16)27-3/h6-12,26H,4-5,13H2,1-3H3,(H,24,25)/b11-7+. The highest BCUT2D eigenvalue weighted by Gasteiger charge is 2.16. The van der Waals surface area contributed by atoms with Crippen LogP contribution in [0.2, 0.25) is 0 Å². The number of phenols is 1. The molecule has 0 radical (unpaired) electrons. The van der Waals surface area contributed by atoms with Crippen LogP contribution in [0, 0.1) is 0 Å². The second kappa shape index (κ2) is 9.60. The molecule has 6 nitrogen and oxygen atoms in total. The van der Waals surface area contributed by atoms with Crippen LogP contribution >= 0.6 is 0 Å². The Morgan fingerprint density at radius 1 is 1.14 bits per heavy atom. The molecule has 0 heterocycles. The smallest absolute Gasteiger partial charge is 0.328 e. The molecular weight excluding hydrogens is 360 g/mol. The molecule has 0 aromatic heterocycles. The van der Waals surface area contributed by atoms with Gasteiger partial charge in [-0.3, -0.25) is 4.79 Å². The zero-order valence-corrected chi connectivity index (χ0v) is 16.2. The topological polar surface area (TPSA) is 93.1 Å². The van der Waals surface area contributed by atoms with Gasteiger partial charge in [0.25, 0.3) is 0 Å². The molecule has 0 aliphatic rings. The minimum atomic E-state index is -1.02. The van der Waals surface area contributed by atoms with Crippen LogP contribution in [0.5, 0.6) is 17.2 Å². The zero-order valence-electron chi connectivity index (χ0n) is 16.2. The van der Waals surface area contributed by atoms with Crippen LogP contribution in [0.25, 0.3) is 6.08 Å². The van der Waals surface area contributed by atoms with Gasteiger partial charge < -0.3 is 19.7 Å². The highest BCUT2D eigenvalue weighted by molar-refractivity contribution is 5.97. The maximum absolute atomic E-state index is 11.7. The molecule has 0 unspecified atom stereocenters. The van der Waals surface area contributed by atoms with Crippen LogP contribution in [0.3, 0.4) is 0 Å². The number of rotatable bonds is 9. The second-order valence-corrected chi connectivity index (χ2v) is 6.28. The van der Waals surface area contributed by atoms with E-state index >= 15 is 0 Å². The number of phenolic OH excluding ortho intramolecular Hbond substituents is 1. The highest BCUT2D eigenvalue weighted by Crippen LogP contribution is 2.34. The van der Waals surface area contributed by atoms with Gasteiger partial charge in [-0.05, 0) is 43.2 Å². The molecule has 2 aromatic carbocycles. The predicted molar refractivity (Wildman–Crippen MR) is 106 cm³/mol. The molecule has 0 spiro atoms. The predicted octanol–water partition coefficient (Wildman–Crippen LogP) is 4.23. The number of hydrogen-bond acceptors (Lipinski definition) is 5. The number of Topliss-reactive ketones (excluding diaryl/α,β-unsaturated/α-hetero) is 1. The van der Waals surface area contributed by atoms with Crippen molar-refractivity contribution in [2.45, 2.75) is 33.3 Å². The summed E-state index contributed by atoms with van der Waals surface area (Å²) in [5.74, 6) is -0.180. The van der Waals surface area contributed by atoms with Gasteiger partial charge in [0.05, 0.1) is 12.7 Å². The summed E-state index contributed by atoms with van der Waals surface area (Å²) in [5.41, 5.74) is 2.35. The van der Waals surface area contributed by atoms with Gasteiger partial charge in [-0.25, -0.2) is 4.79 Å². The number of ether oxygens (including phenoxy) is 2. The normalized spacial score (nSPS) is 10.8. The summed E-state index contributed by atoms with van der Waals surface area (Å²) in [5, 5.41) is 19.2. The van der Waals surface area contributed by atoms with Crippen LogP contribution in [0.15, 0.2) is 36.4 Å². The number of benzene rings is 2. The van der Waals surface area contributed by atoms with Gasteiger partial charge in [0.1, 0.15) is 23.9 Å². The lowest BCUT2D eigenvalue weighted by Crippen LogP contribution is -2.03. The number of methoxy groups -OCH3 is 1. The lowest BCUT2D eigenvalue weighted by atomic mass is 10.0. The Hall–Kier alpha value is -3.28. The van der Waals surface area contributed by atoms with E-state index in [4.69, 9.17) is 14.6 Å². The van der Waals surface area contributed by atoms with Gasteiger partial charge in [0.15, 0.2) is 5.78 Å². The number of hydrogen-bond donors (Lipinski definition) is 2. The average Bonchev–Trinajstić information content (AvgIpc) is 2.66. The van der Waals surface area contributed by atoms with E-state index in [2.05, 4.69) is 0 Å². The van der Waals surface area contributed by atoms with Gasteiger partial charge in [0.2, 0.25) is 0 Å². The molecule has 2 N–H and O–H groups in total. The van der Waals surface area contributed by atoms with Gasteiger partial charge in [0, 0.05) is 17.2 Å². The Morgan fingerprint density at radius 3 is 2.50 bits per heavy atom. The third-order valence-electron chi connectivity index (χ3n) is 4.23. The summed E-state index contributed by atoms with van der Waals surface area (Å²) < 4.78 is 11.3. The van der Waals surface area contributed by atoms with E-state index in [9.17, 15) is 14.7 Å². The Bertz CT molecular complexity index is 898. The molecule has 0 saturated heterocycles. The fourth-order valence-electron chi connectivity index (χ4n) is 2.84. The van der Waals surface area contributed by atoms with Crippen molar-refractivity contribution in [2.24, 2.45) is 0 Å². The van der Waals surface area contributed by atoms with Crippen molar-refractivity contribution < 1.29 is 29.3 Å². The minimum absolute atomic E-state index is 0.0343. The first-order valence-corrected chi connectivity index (χ1v) is 8.93. The molecule has 28 heavy (non-hydrogen) atoms.